The zero-order valence-corrected chi connectivity index (χ0v) is 11.7. The van der Waals surface area contributed by atoms with Crippen LogP contribution in [-0.2, 0) is 6.54 Å². The van der Waals surface area contributed by atoms with Gasteiger partial charge in [0.1, 0.15) is 5.82 Å². The van der Waals surface area contributed by atoms with Gasteiger partial charge < -0.3 is 5.32 Å². The van der Waals surface area contributed by atoms with Crippen LogP contribution in [-0.4, -0.2) is 0 Å². The Bertz CT molecular complexity index is 546. The van der Waals surface area contributed by atoms with Crippen LogP contribution in [0.15, 0.2) is 42.5 Å². The summed E-state index contributed by atoms with van der Waals surface area (Å²) in [5, 5.41) is 3.46. The Hall–Kier alpha value is -1.67. The van der Waals surface area contributed by atoms with Gasteiger partial charge in [-0.25, -0.2) is 4.39 Å². The lowest BCUT2D eigenvalue weighted by Crippen LogP contribution is -2.18. The molecule has 0 radical (unpaired) electrons. The van der Waals surface area contributed by atoms with Gasteiger partial charge in [-0.3, -0.25) is 0 Å². The predicted octanol–water partition coefficient (Wildman–Crippen LogP) is 4.29. The van der Waals surface area contributed by atoms with Crippen LogP contribution in [0.25, 0.3) is 0 Å². The molecule has 2 rings (SSSR count). The molecule has 2 aromatic carbocycles. The normalized spacial score (nSPS) is 12.4. The summed E-state index contributed by atoms with van der Waals surface area (Å²) >= 11 is 0. The quantitative estimate of drug-likeness (QED) is 0.861. The molecule has 0 aliphatic carbocycles. The number of hydrogen-bond donors (Lipinski definition) is 1. The average Bonchev–Trinajstić information content (AvgIpc) is 2.41. The number of nitrogens with one attached hydrogen (secondary N) is 1. The molecular formula is C17H20FN. The van der Waals surface area contributed by atoms with E-state index in [0.29, 0.717) is 5.56 Å². The molecule has 0 aliphatic rings. The van der Waals surface area contributed by atoms with Crippen LogP contribution < -0.4 is 5.32 Å². The second-order valence-electron chi connectivity index (χ2n) is 5.10. The largest absolute Gasteiger partial charge is 0.306 e. The van der Waals surface area contributed by atoms with Crippen molar-refractivity contribution in [3.05, 3.63) is 70.5 Å². The van der Waals surface area contributed by atoms with E-state index < -0.39 is 0 Å². The zero-order valence-electron chi connectivity index (χ0n) is 11.7. The minimum atomic E-state index is -0.144. The average molecular weight is 257 g/mol. The first-order valence-corrected chi connectivity index (χ1v) is 6.61. The fourth-order valence-electron chi connectivity index (χ4n) is 2.03. The molecule has 0 heterocycles. The third-order valence-corrected chi connectivity index (χ3v) is 3.41. The van der Waals surface area contributed by atoms with E-state index in [-0.39, 0.29) is 11.9 Å². The lowest BCUT2D eigenvalue weighted by atomic mass is 10.0. The molecule has 1 N–H and O–H groups in total. The van der Waals surface area contributed by atoms with E-state index in [4.69, 9.17) is 0 Å². The maximum atomic E-state index is 13.2. The maximum absolute atomic E-state index is 13.2. The van der Waals surface area contributed by atoms with Crippen LogP contribution >= 0.6 is 0 Å². The fourth-order valence-corrected chi connectivity index (χ4v) is 2.03. The standard InChI is InChI=1S/C17H20FN/c1-12-4-6-15(7-5-12)11-19-14(3)16-8-9-17(18)13(2)10-16/h4-10,14,19H,11H2,1-3H3. The molecule has 1 atom stereocenters. The van der Waals surface area contributed by atoms with Crippen LogP contribution in [0.1, 0.15) is 35.2 Å². The van der Waals surface area contributed by atoms with Gasteiger partial charge in [0, 0.05) is 12.6 Å². The van der Waals surface area contributed by atoms with Gasteiger partial charge in [-0.2, -0.15) is 0 Å². The molecule has 0 aliphatic heterocycles. The van der Waals surface area contributed by atoms with Gasteiger partial charge in [-0.15, -0.1) is 0 Å². The molecule has 0 saturated heterocycles. The molecule has 2 heteroatoms. The van der Waals surface area contributed by atoms with Crippen molar-refractivity contribution in [3.63, 3.8) is 0 Å². The minimum absolute atomic E-state index is 0.144. The molecule has 100 valence electrons. The Labute approximate surface area is 114 Å². The first-order valence-electron chi connectivity index (χ1n) is 6.61. The number of hydrogen-bond acceptors (Lipinski definition) is 1. The molecular weight excluding hydrogens is 237 g/mol. The summed E-state index contributed by atoms with van der Waals surface area (Å²) in [7, 11) is 0. The highest BCUT2D eigenvalue weighted by Gasteiger charge is 2.06. The lowest BCUT2D eigenvalue weighted by molar-refractivity contribution is 0.569. The number of rotatable bonds is 4. The van der Waals surface area contributed by atoms with Crippen molar-refractivity contribution in [1.82, 2.24) is 5.32 Å². The van der Waals surface area contributed by atoms with Crippen LogP contribution in [0.5, 0.6) is 0 Å². The number of benzene rings is 2. The molecule has 0 aromatic heterocycles. The van der Waals surface area contributed by atoms with Crippen molar-refractivity contribution in [1.29, 1.82) is 0 Å². The highest BCUT2D eigenvalue weighted by molar-refractivity contribution is 5.26. The van der Waals surface area contributed by atoms with Gasteiger partial charge in [-0.1, -0.05) is 42.0 Å². The third-order valence-electron chi connectivity index (χ3n) is 3.41. The SMILES string of the molecule is Cc1ccc(CNC(C)c2ccc(F)c(C)c2)cc1. The van der Waals surface area contributed by atoms with Gasteiger partial charge >= 0.3 is 0 Å². The fraction of sp³-hybridized carbons (Fsp3) is 0.294. The van der Waals surface area contributed by atoms with Crippen LogP contribution in [0.4, 0.5) is 4.39 Å². The van der Waals surface area contributed by atoms with Gasteiger partial charge in [-0.05, 0) is 43.5 Å². The summed E-state index contributed by atoms with van der Waals surface area (Å²) in [5.41, 5.74) is 4.34. The van der Waals surface area contributed by atoms with Gasteiger partial charge in [0.25, 0.3) is 0 Å². The van der Waals surface area contributed by atoms with E-state index in [2.05, 4.69) is 43.4 Å². The maximum Gasteiger partial charge on any atom is 0.126 e. The summed E-state index contributed by atoms with van der Waals surface area (Å²) < 4.78 is 13.2. The van der Waals surface area contributed by atoms with E-state index in [9.17, 15) is 4.39 Å². The monoisotopic (exact) mass is 257 g/mol. The molecule has 1 unspecified atom stereocenters. The minimum Gasteiger partial charge on any atom is -0.306 e. The zero-order chi connectivity index (χ0) is 13.8. The second-order valence-corrected chi connectivity index (χ2v) is 5.10. The van der Waals surface area contributed by atoms with E-state index >= 15 is 0 Å². The molecule has 0 fully saturated rings. The summed E-state index contributed by atoms with van der Waals surface area (Å²) in [6.07, 6.45) is 0. The molecule has 2 aromatic rings. The Morgan fingerprint density at radius 3 is 2.37 bits per heavy atom. The molecule has 19 heavy (non-hydrogen) atoms. The van der Waals surface area contributed by atoms with Crippen LogP contribution in [0, 0.1) is 19.7 Å². The van der Waals surface area contributed by atoms with Crippen molar-refractivity contribution in [2.75, 3.05) is 0 Å². The van der Waals surface area contributed by atoms with E-state index in [1.165, 1.54) is 17.2 Å². The lowest BCUT2D eigenvalue weighted by Gasteiger charge is -2.15. The Morgan fingerprint density at radius 2 is 1.74 bits per heavy atom. The smallest absolute Gasteiger partial charge is 0.126 e. The molecule has 0 bridgehead atoms. The Morgan fingerprint density at radius 1 is 1.05 bits per heavy atom. The van der Waals surface area contributed by atoms with Gasteiger partial charge in [0.2, 0.25) is 0 Å². The van der Waals surface area contributed by atoms with Crippen molar-refractivity contribution in [2.24, 2.45) is 0 Å². The van der Waals surface area contributed by atoms with E-state index in [1.54, 1.807) is 6.92 Å². The highest BCUT2D eigenvalue weighted by atomic mass is 19.1. The van der Waals surface area contributed by atoms with Gasteiger partial charge in [0.15, 0.2) is 0 Å². The first-order chi connectivity index (χ1) is 9.06. The number of aryl methyl sites for hydroxylation is 2. The Balaban J connectivity index is 1.98. The summed E-state index contributed by atoms with van der Waals surface area (Å²) in [6, 6.07) is 14.0. The van der Waals surface area contributed by atoms with E-state index in [0.717, 1.165) is 12.1 Å². The van der Waals surface area contributed by atoms with Crippen LogP contribution in [0.3, 0.4) is 0 Å². The molecule has 0 spiro atoms. The predicted molar refractivity (Wildman–Crippen MR) is 77.6 cm³/mol. The summed E-state index contributed by atoms with van der Waals surface area (Å²) in [5.74, 6) is -0.144. The van der Waals surface area contributed by atoms with Crippen molar-refractivity contribution >= 4 is 0 Å². The Kier molecular flexibility index (Phi) is 4.33. The highest BCUT2D eigenvalue weighted by Crippen LogP contribution is 2.17. The molecule has 0 saturated carbocycles. The van der Waals surface area contributed by atoms with Crippen molar-refractivity contribution in [3.8, 4) is 0 Å². The summed E-state index contributed by atoms with van der Waals surface area (Å²) in [6.45, 7) is 6.80. The molecule has 1 nitrogen and oxygen atoms in total. The van der Waals surface area contributed by atoms with Crippen molar-refractivity contribution < 1.29 is 4.39 Å². The second kappa shape index (κ2) is 5.98. The topological polar surface area (TPSA) is 12.0 Å². The van der Waals surface area contributed by atoms with Crippen molar-refractivity contribution in [2.45, 2.75) is 33.4 Å². The summed E-state index contributed by atoms with van der Waals surface area (Å²) in [4.78, 5) is 0. The van der Waals surface area contributed by atoms with E-state index in [1.807, 2.05) is 12.1 Å². The first kappa shape index (κ1) is 13.8. The van der Waals surface area contributed by atoms with Gasteiger partial charge in [0.05, 0.1) is 0 Å². The number of halogens is 1. The third kappa shape index (κ3) is 3.65. The van der Waals surface area contributed by atoms with Crippen LogP contribution in [0.2, 0.25) is 0 Å². The molecule has 0 amide bonds.